The van der Waals surface area contributed by atoms with E-state index >= 15 is 0 Å². The van der Waals surface area contributed by atoms with E-state index in [1.54, 1.807) is 0 Å². The molecule has 0 saturated heterocycles. The first-order valence-corrected chi connectivity index (χ1v) is 15.0. The predicted octanol–water partition coefficient (Wildman–Crippen LogP) is 5.00. The third-order valence-corrected chi connectivity index (χ3v) is 10.8. The highest BCUT2D eigenvalue weighted by molar-refractivity contribution is 6.90. The number of nitrogens with zero attached hydrogens (tertiary/aromatic N) is 1. The number of rotatable bonds is 6. The first-order valence-electron chi connectivity index (χ1n) is 8.15. The summed E-state index contributed by atoms with van der Waals surface area (Å²) in [6.07, 6.45) is 0.800. The summed E-state index contributed by atoms with van der Waals surface area (Å²) in [5, 5.41) is 0. The van der Waals surface area contributed by atoms with E-state index in [4.69, 9.17) is 4.74 Å². The minimum atomic E-state index is -1.61. The van der Waals surface area contributed by atoms with E-state index in [2.05, 4.69) is 67.8 Å². The van der Waals surface area contributed by atoms with Crippen molar-refractivity contribution in [2.24, 2.45) is 0 Å². The molecule has 0 unspecified atom stereocenters. The number of allylic oxidation sites excluding steroid dienone is 2. The lowest BCUT2D eigenvalue weighted by atomic mass is 10.1. The summed E-state index contributed by atoms with van der Waals surface area (Å²) < 4.78 is 8.13. The first-order chi connectivity index (χ1) is 10.4. The Hall–Kier alpha value is -1.34. The first kappa shape index (κ1) is 19.7. The van der Waals surface area contributed by atoms with Crippen molar-refractivity contribution < 1.29 is 9.53 Å². The van der Waals surface area contributed by atoms with Crippen LogP contribution < -0.4 is 0 Å². The van der Waals surface area contributed by atoms with E-state index in [1.165, 1.54) is 18.2 Å². The number of ether oxygens (including phenoxy) is 1. The lowest BCUT2D eigenvalue weighted by Gasteiger charge is -2.47. The van der Waals surface area contributed by atoms with Gasteiger partial charge in [0, 0.05) is 19.0 Å². The molecule has 5 heteroatoms. The molecule has 1 aromatic carbocycles. The van der Waals surface area contributed by atoms with Gasteiger partial charge in [0.2, 0.25) is 0 Å². The summed E-state index contributed by atoms with van der Waals surface area (Å²) in [4.78, 5) is 11.5. The van der Waals surface area contributed by atoms with E-state index in [-0.39, 0.29) is 5.97 Å². The highest BCUT2D eigenvalue weighted by atomic mass is 28.4. The van der Waals surface area contributed by atoms with E-state index in [1.807, 2.05) is 13.0 Å². The van der Waals surface area contributed by atoms with Gasteiger partial charge in [0.25, 0.3) is 0 Å². The summed E-state index contributed by atoms with van der Waals surface area (Å²) >= 11 is 0. The summed E-state index contributed by atoms with van der Waals surface area (Å²) in [5.74, 6) is 0.491. The number of hydrogen-bond donors (Lipinski definition) is 0. The predicted molar refractivity (Wildman–Crippen MR) is 103 cm³/mol. The molecule has 3 nitrogen and oxygen atoms in total. The van der Waals surface area contributed by atoms with Crippen LogP contribution in [-0.2, 0) is 16.0 Å². The molecule has 0 radical (unpaired) electrons. The van der Waals surface area contributed by atoms with Crippen molar-refractivity contribution in [1.29, 1.82) is 0 Å². The van der Waals surface area contributed by atoms with Crippen molar-refractivity contribution in [3.05, 3.63) is 47.4 Å². The molecular formula is C18H31NO2Si2. The average Bonchev–Trinajstić information content (AvgIpc) is 2.35. The lowest BCUT2D eigenvalue weighted by Crippen LogP contribution is -2.58. The van der Waals surface area contributed by atoms with Crippen LogP contribution in [0.2, 0.25) is 39.3 Å². The molecule has 1 rings (SSSR count). The molecule has 23 heavy (non-hydrogen) atoms. The van der Waals surface area contributed by atoms with Crippen LogP contribution in [0.4, 0.5) is 0 Å². The van der Waals surface area contributed by atoms with Crippen LogP contribution >= 0.6 is 0 Å². The molecule has 0 saturated carbocycles. The maximum atomic E-state index is 11.5. The SMILES string of the molecule is CC(=O)O/C(C)=C(/Cc1ccccc1)N([Si](C)(C)C)[Si](C)(C)C. The van der Waals surface area contributed by atoms with Gasteiger partial charge in [-0.1, -0.05) is 69.6 Å². The van der Waals surface area contributed by atoms with Crippen LogP contribution in [0, 0.1) is 0 Å². The van der Waals surface area contributed by atoms with Crippen molar-refractivity contribution in [2.75, 3.05) is 0 Å². The second-order valence-corrected chi connectivity index (χ2v) is 18.0. The van der Waals surface area contributed by atoms with E-state index < -0.39 is 16.5 Å². The van der Waals surface area contributed by atoms with Crippen molar-refractivity contribution in [3.8, 4) is 0 Å². The minimum Gasteiger partial charge on any atom is -0.430 e. The van der Waals surface area contributed by atoms with E-state index in [9.17, 15) is 4.79 Å². The van der Waals surface area contributed by atoms with Crippen LogP contribution in [0.3, 0.4) is 0 Å². The van der Waals surface area contributed by atoms with Gasteiger partial charge in [-0.2, -0.15) is 0 Å². The van der Waals surface area contributed by atoms with E-state index in [0.717, 1.165) is 12.2 Å². The van der Waals surface area contributed by atoms with Crippen molar-refractivity contribution >= 4 is 22.4 Å². The molecule has 0 aliphatic heterocycles. The third kappa shape index (κ3) is 5.99. The zero-order valence-electron chi connectivity index (χ0n) is 15.9. The third-order valence-electron chi connectivity index (χ3n) is 3.53. The molecule has 0 aliphatic rings. The van der Waals surface area contributed by atoms with E-state index in [0.29, 0.717) is 0 Å². The number of hydrogen-bond acceptors (Lipinski definition) is 3. The lowest BCUT2D eigenvalue weighted by molar-refractivity contribution is -0.136. The van der Waals surface area contributed by atoms with Gasteiger partial charge in [0.1, 0.15) is 22.2 Å². The van der Waals surface area contributed by atoms with Crippen LogP contribution in [0.5, 0.6) is 0 Å². The summed E-state index contributed by atoms with van der Waals surface area (Å²) in [6.45, 7) is 17.5. The highest BCUT2D eigenvalue weighted by Crippen LogP contribution is 2.30. The van der Waals surface area contributed by atoms with Gasteiger partial charge in [-0.05, 0) is 12.5 Å². The summed E-state index contributed by atoms with van der Waals surface area (Å²) in [7, 11) is -3.21. The fourth-order valence-electron chi connectivity index (χ4n) is 3.24. The quantitative estimate of drug-likeness (QED) is 0.411. The maximum absolute atomic E-state index is 11.5. The van der Waals surface area contributed by atoms with Crippen LogP contribution in [0.25, 0.3) is 0 Å². The Bertz CT molecular complexity index is 555. The van der Waals surface area contributed by atoms with Gasteiger partial charge in [0.05, 0.1) is 0 Å². The fraction of sp³-hybridized carbons (Fsp3) is 0.500. The molecule has 0 atom stereocenters. The molecule has 0 amide bonds. The van der Waals surface area contributed by atoms with Crippen molar-refractivity contribution in [3.63, 3.8) is 0 Å². The highest BCUT2D eigenvalue weighted by Gasteiger charge is 2.37. The molecule has 1 aromatic rings. The molecule has 0 N–H and O–H groups in total. The molecule has 128 valence electrons. The Kier molecular flexibility index (Phi) is 6.42. The van der Waals surface area contributed by atoms with Gasteiger partial charge in [-0.3, -0.25) is 4.79 Å². The fourth-order valence-corrected chi connectivity index (χ4v) is 13.4. The Labute approximate surface area is 143 Å². The Balaban J connectivity index is 3.40. The van der Waals surface area contributed by atoms with Gasteiger partial charge in [-0.15, -0.1) is 0 Å². The van der Waals surface area contributed by atoms with Gasteiger partial charge >= 0.3 is 5.97 Å². The monoisotopic (exact) mass is 349 g/mol. The largest absolute Gasteiger partial charge is 0.430 e. The van der Waals surface area contributed by atoms with Crippen LogP contribution in [0.15, 0.2) is 41.8 Å². The van der Waals surface area contributed by atoms with Gasteiger partial charge < -0.3 is 8.97 Å². The topological polar surface area (TPSA) is 29.5 Å². The smallest absolute Gasteiger partial charge is 0.307 e. The standard InChI is InChI=1S/C18H31NO2Si2/c1-15(21-16(2)20)18(14-17-12-10-9-11-13-17)19(22(3,4)5)23(6,7)8/h9-13H,14H2,1-8H3/b18-15-. The summed E-state index contributed by atoms with van der Waals surface area (Å²) in [5.41, 5.74) is 2.42. The molecule has 0 aromatic heterocycles. The zero-order valence-corrected chi connectivity index (χ0v) is 17.9. The number of benzene rings is 1. The van der Waals surface area contributed by atoms with Crippen LogP contribution in [-0.4, -0.2) is 26.7 Å². The number of carbonyl (C=O) groups is 1. The molecule has 0 heterocycles. The maximum Gasteiger partial charge on any atom is 0.307 e. The number of esters is 1. The second-order valence-electron chi connectivity index (χ2n) is 7.94. The van der Waals surface area contributed by atoms with Crippen LogP contribution in [0.1, 0.15) is 19.4 Å². The Morgan fingerprint density at radius 2 is 1.43 bits per heavy atom. The zero-order chi connectivity index (χ0) is 17.8. The molecule has 0 spiro atoms. The van der Waals surface area contributed by atoms with Gasteiger partial charge in [-0.25, -0.2) is 0 Å². The van der Waals surface area contributed by atoms with Gasteiger partial charge in [0.15, 0.2) is 0 Å². The Morgan fingerprint density at radius 1 is 0.957 bits per heavy atom. The Morgan fingerprint density at radius 3 is 1.83 bits per heavy atom. The number of carbonyl (C=O) groups excluding carboxylic acids is 1. The molecule has 0 aliphatic carbocycles. The minimum absolute atomic E-state index is 0.251. The molecule has 0 bridgehead atoms. The van der Waals surface area contributed by atoms with Crippen molar-refractivity contribution in [2.45, 2.75) is 59.6 Å². The normalized spacial score (nSPS) is 13.4. The molecular weight excluding hydrogens is 318 g/mol. The second kappa shape index (κ2) is 7.49. The molecule has 0 fully saturated rings. The average molecular weight is 350 g/mol. The van der Waals surface area contributed by atoms with Crippen molar-refractivity contribution in [1.82, 2.24) is 4.23 Å². The summed E-state index contributed by atoms with van der Waals surface area (Å²) in [6, 6.07) is 10.4.